The first kappa shape index (κ1) is 28.2. The fraction of sp³-hybridized carbons (Fsp3) is 0.455. The molecular formula is C22H29N7O7S2. The Hall–Kier alpha value is -2.86. The number of aliphatic carboxylic acids is 1. The van der Waals surface area contributed by atoms with Gasteiger partial charge in [-0.05, 0) is 36.3 Å². The summed E-state index contributed by atoms with van der Waals surface area (Å²) in [5.74, 6) is 0.200. The third kappa shape index (κ3) is 6.40. The van der Waals surface area contributed by atoms with Crippen LogP contribution in [0, 0.1) is 0 Å². The molecule has 1 fully saturated rings. The number of nitrogens with one attached hydrogen (secondary N) is 1. The van der Waals surface area contributed by atoms with Crippen LogP contribution < -0.4 is 16.2 Å². The lowest BCUT2D eigenvalue weighted by Gasteiger charge is -2.16. The second kappa shape index (κ2) is 11.9. The Bertz CT molecular complexity index is 1370. The molecule has 3 aromatic rings. The van der Waals surface area contributed by atoms with Crippen LogP contribution in [-0.2, 0) is 26.0 Å². The number of aliphatic hydroxyl groups excluding tert-OH is 2. The zero-order chi connectivity index (χ0) is 27.4. The second-order valence-corrected chi connectivity index (χ2v) is 11.5. The van der Waals surface area contributed by atoms with Crippen molar-refractivity contribution < 1.29 is 33.3 Å². The number of nitrogens with two attached hydrogens (primary N) is 2. The molecular weight excluding hydrogens is 538 g/mol. The molecule has 1 aromatic carbocycles. The van der Waals surface area contributed by atoms with Crippen molar-refractivity contribution in [3.8, 4) is 0 Å². The van der Waals surface area contributed by atoms with E-state index in [1.807, 2.05) is 0 Å². The van der Waals surface area contributed by atoms with Crippen LogP contribution in [0.3, 0.4) is 0 Å². The summed E-state index contributed by atoms with van der Waals surface area (Å²) in [6.07, 6.45) is -0.345. The number of carbonyl (C=O) groups is 1. The predicted octanol–water partition coefficient (Wildman–Crippen LogP) is -0.717. The first-order chi connectivity index (χ1) is 18.1. The SMILES string of the molecule is NC(CCSC[C@H]1O[C@@H](n2cnc3c(NCCc4ccc(S(N)(=O)=O)cc4)ncnc32)[C@H](O)[C@@H]1O)C(=O)O. The third-order valence-corrected chi connectivity index (χ3v) is 8.12. The number of rotatable bonds is 12. The van der Waals surface area contributed by atoms with Crippen molar-refractivity contribution >= 4 is 44.7 Å². The Morgan fingerprint density at radius 1 is 1.18 bits per heavy atom. The van der Waals surface area contributed by atoms with E-state index in [4.69, 9.17) is 20.7 Å². The number of anilines is 1. The summed E-state index contributed by atoms with van der Waals surface area (Å²) in [6, 6.07) is 5.32. The number of carboxylic acids is 1. The van der Waals surface area contributed by atoms with Crippen molar-refractivity contribution in [2.24, 2.45) is 10.9 Å². The van der Waals surface area contributed by atoms with Crippen LogP contribution in [0.1, 0.15) is 18.2 Å². The largest absolute Gasteiger partial charge is 0.480 e. The number of aliphatic hydroxyl groups is 2. The molecule has 0 amide bonds. The van der Waals surface area contributed by atoms with Crippen molar-refractivity contribution in [3.05, 3.63) is 42.5 Å². The number of imidazole rings is 1. The lowest BCUT2D eigenvalue weighted by atomic mass is 10.1. The van der Waals surface area contributed by atoms with Gasteiger partial charge in [0, 0.05) is 12.3 Å². The van der Waals surface area contributed by atoms with Crippen molar-refractivity contribution in [2.45, 2.75) is 48.3 Å². The number of benzene rings is 1. The summed E-state index contributed by atoms with van der Waals surface area (Å²) in [4.78, 5) is 23.8. The maximum Gasteiger partial charge on any atom is 0.320 e. The summed E-state index contributed by atoms with van der Waals surface area (Å²) in [7, 11) is -3.75. The topological polar surface area (TPSA) is 229 Å². The van der Waals surface area contributed by atoms with Gasteiger partial charge in [0.1, 0.15) is 24.6 Å². The molecule has 0 radical (unpaired) electrons. The molecule has 1 unspecified atom stereocenters. The van der Waals surface area contributed by atoms with Gasteiger partial charge >= 0.3 is 5.97 Å². The molecule has 38 heavy (non-hydrogen) atoms. The number of nitrogens with zero attached hydrogens (tertiary/aromatic N) is 4. The fourth-order valence-corrected chi connectivity index (χ4v) is 5.58. The average molecular weight is 568 g/mol. The van der Waals surface area contributed by atoms with E-state index in [9.17, 15) is 23.4 Å². The van der Waals surface area contributed by atoms with Gasteiger partial charge in [0.25, 0.3) is 0 Å². The summed E-state index contributed by atoms with van der Waals surface area (Å²) < 4.78 is 30.3. The zero-order valence-corrected chi connectivity index (χ0v) is 21.8. The molecule has 0 saturated carbocycles. The monoisotopic (exact) mass is 567 g/mol. The molecule has 1 aliphatic heterocycles. The predicted molar refractivity (Wildman–Crippen MR) is 139 cm³/mol. The highest BCUT2D eigenvalue weighted by molar-refractivity contribution is 7.99. The van der Waals surface area contributed by atoms with E-state index in [2.05, 4.69) is 20.3 Å². The van der Waals surface area contributed by atoms with E-state index >= 15 is 0 Å². The van der Waals surface area contributed by atoms with Crippen LogP contribution in [-0.4, -0.2) is 91.6 Å². The van der Waals surface area contributed by atoms with Gasteiger partial charge < -0.3 is 31.1 Å². The van der Waals surface area contributed by atoms with Crippen molar-refractivity contribution in [2.75, 3.05) is 23.4 Å². The highest BCUT2D eigenvalue weighted by atomic mass is 32.2. The molecule has 0 spiro atoms. The van der Waals surface area contributed by atoms with Crippen LogP contribution in [0.25, 0.3) is 11.2 Å². The summed E-state index contributed by atoms with van der Waals surface area (Å²) in [6.45, 7) is 0.472. The fourth-order valence-electron chi connectivity index (χ4n) is 3.97. The lowest BCUT2D eigenvalue weighted by molar-refractivity contribution is -0.138. The van der Waals surface area contributed by atoms with E-state index in [1.165, 1.54) is 41.1 Å². The van der Waals surface area contributed by atoms with Gasteiger partial charge in [0.2, 0.25) is 10.0 Å². The quantitative estimate of drug-likeness (QED) is 0.149. The van der Waals surface area contributed by atoms with Gasteiger partial charge in [-0.1, -0.05) is 12.1 Å². The smallest absolute Gasteiger partial charge is 0.320 e. The summed E-state index contributed by atoms with van der Waals surface area (Å²) in [5.41, 5.74) is 7.25. The number of hydrogen-bond donors (Lipinski definition) is 6. The molecule has 5 atom stereocenters. The average Bonchev–Trinajstić information content (AvgIpc) is 3.43. The third-order valence-electron chi connectivity index (χ3n) is 6.10. The standard InChI is InChI=1S/C22H29N7O7S2/c23-14(22(32)33)6-8-37-9-15-17(30)18(31)21(36-15)29-11-28-16-19(26-10-27-20(16)29)25-7-5-12-1-3-13(4-2-12)38(24,34)35/h1-4,10-11,14-15,17-18,21,30-31H,5-9,23H2,(H,32,33)(H2,24,34,35)(H,25,26,27)/t14?,15-,17-,18-,21-/m1/s1. The first-order valence-electron chi connectivity index (χ1n) is 11.7. The summed E-state index contributed by atoms with van der Waals surface area (Å²) >= 11 is 1.38. The highest BCUT2D eigenvalue weighted by Crippen LogP contribution is 2.33. The normalized spacial score (nSPS) is 22.5. The molecule has 0 bridgehead atoms. The van der Waals surface area contributed by atoms with E-state index in [0.717, 1.165) is 5.56 Å². The Labute approximate surface area is 222 Å². The van der Waals surface area contributed by atoms with Crippen LogP contribution in [0.5, 0.6) is 0 Å². The number of hydrogen-bond acceptors (Lipinski definition) is 12. The Kier molecular flexibility index (Phi) is 8.81. The van der Waals surface area contributed by atoms with Gasteiger partial charge in [-0.3, -0.25) is 9.36 Å². The zero-order valence-electron chi connectivity index (χ0n) is 20.1. The number of fused-ring (bicyclic) bond motifs is 1. The Balaban J connectivity index is 1.38. The minimum Gasteiger partial charge on any atom is -0.480 e. The molecule has 4 rings (SSSR count). The molecule has 0 aliphatic carbocycles. The molecule has 16 heteroatoms. The second-order valence-electron chi connectivity index (χ2n) is 8.77. The van der Waals surface area contributed by atoms with E-state index in [-0.39, 0.29) is 11.3 Å². The number of sulfonamides is 1. The number of thioether (sulfide) groups is 1. The Morgan fingerprint density at radius 2 is 1.92 bits per heavy atom. The maximum absolute atomic E-state index is 11.4. The molecule has 1 saturated heterocycles. The van der Waals surface area contributed by atoms with E-state index in [1.54, 1.807) is 12.1 Å². The summed E-state index contributed by atoms with van der Waals surface area (Å²) in [5, 5.41) is 38.3. The molecule has 1 aliphatic rings. The molecule has 2 aromatic heterocycles. The highest BCUT2D eigenvalue weighted by Gasteiger charge is 2.44. The molecule has 3 heterocycles. The van der Waals surface area contributed by atoms with Crippen molar-refractivity contribution in [3.63, 3.8) is 0 Å². The van der Waals surface area contributed by atoms with Crippen LogP contribution in [0.15, 0.2) is 41.8 Å². The minimum atomic E-state index is -3.75. The minimum absolute atomic E-state index is 0.0434. The first-order valence-corrected chi connectivity index (χ1v) is 14.4. The molecule has 14 nitrogen and oxygen atoms in total. The van der Waals surface area contributed by atoms with Gasteiger partial charge in [-0.15, -0.1) is 0 Å². The van der Waals surface area contributed by atoms with E-state index in [0.29, 0.717) is 41.5 Å². The van der Waals surface area contributed by atoms with Crippen LogP contribution in [0.4, 0.5) is 5.82 Å². The van der Waals surface area contributed by atoms with Gasteiger partial charge in [0.15, 0.2) is 23.2 Å². The Morgan fingerprint density at radius 3 is 2.61 bits per heavy atom. The number of ether oxygens (including phenoxy) is 1. The van der Waals surface area contributed by atoms with Crippen LogP contribution in [0.2, 0.25) is 0 Å². The van der Waals surface area contributed by atoms with Gasteiger partial charge in [0.05, 0.1) is 17.3 Å². The maximum atomic E-state index is 11.4. The lowest BCUT2D eigenvalue weighted by Crippen LogP contribution is -2.33. The van der Waals surface area contributed by atoms with Crippen molar-refractivity contribution in [1.82, 2.24) is 19.5 Å². The molecule has 206 valence electrons. The van der Waals surface area contributed by atoms with E-state index < -0.39 is 46.6 Å². The molecule has 8 N–H and O–H groups in total. The van der Waals surface area contributed by atoms with Crippen molar-refractivity contribution in [1.29, 1.82) is 0 Å². The van der Waals surface area contributed by atoms with Crippen LogP contribution >= 0.6 is 11.8 Å². The van der Waals surface area contributed by atoms with Gasteiger partial charge in [-0.25, -0.2) is 28.5 Å². The number of primary sulfonamides is 1. The number of aromatic nitrogens is 4. The van der Waals surface area contributed by atoms with Gasteiger partial charge in [-0.2, -0.15) is 11.8 Å². The number of carboxylic acid groups (broad SMARTS) is 1.